The zero-order valence-corrected chi connectivity index (χ0v) is 11.8. The van der Waals surface area contributed by atoms with Crippen LogP contribution in [0.4, 0.5) is 0 Å². The smallest absolute Gasteiger partial charge is 0.230 e. The number of amides is 1. The van der Waals surface area contributed by atoms with Gasteiger partial charge in [-0.1, -0.05) is 17.8 Å². The summed E-state index contributed by atoms with van der Waals surface area (Å²) in [6.07, 6.45) is 0.757. The number of nitrogens with zero attached hydrogens (tertiary/aromatic N) is 3. The second-order valence-corrected chi connectivity index (χ2v) is 6.22. The predicted molar refractivity (Wildman–Crippen MR) is 72.6 cm³/mol. The Bertz CT molecular complexity index is 535. The molecule has 0 saturated carbocycles. The third-order valence-electron chi connectivity index (χ3n) is 2.52. The molecule has 2 aromatic heterocycles. The summed E-state index contributed by atoms with van der Waals surface area (Å²) in [5, 5.41) is 10.7. The van der Waals surface area contributed by atoms with Crippen molar-refractivity contribution in [2.45, 2.75) is 23.8 Å². The summed E-state index contributed by atoms with van der Waals surface area (Å²) in [7, 11) is 1.90. The molecule has 0 bridgehead atoms. The van der Waals surface area contributed by atoms with Crippen LogP contribution in [-0.4, -0.2) is 25.9 Å². The molecular weight excluding hydrogens is 268 g/mol. The van der Waals surface area contributed by atoms with Crippen LogP contribution in [0.2, 0.25) is 0 Å². The van der Waals surface area contributed by atoms with E-state index < -0.39 is 0 Å². The molecule has 0 aromatic carbocycles. The van der Waals surface area contributed by atoms with Crippen molar-refractivity contribution in [2.75, 3.05) is 0 Å². The summed E-state index contributed by atoms with van der Waals surface area (Å²) in [6, 6.07) is 4.08. The number of carbonyl (C=O) groups is 1. The van der Waals surface area contributed by atoms with Crippen molar-refractivity contribution >= 4 is 29.0 Å². The number of aromatic nitrogens is 3. The minimum absolute atomic E-state index is 0.303. The largest absolute Gasteiger partial charge is 0.369 e. The van der Waals surface area contributed by atoms with Gasteiger partial charge >= 0.3 is 0 Å². The Balaban J connectivity index is 2.11. The van der Waals surface area contributed by atoms with Gasteiger partial charge in [-0.3, -0.25) is 4.79 Å². The first-order valence-corrected chi connectivity index (χ1v) is 7.20. The van der Waals surface area contributed by atoms with E-state index in [4.69, 9.17) is 5.73 Å². The highest BCUT2D eigenvalue weighted by molar-refractivity contribution is 8.00. The van der Waals surface area contributed by atoms with Crippen molar-refractivity contribution in [3.05, 3.63) is 28.2 Å². The average molecular weight is 282 g/mol. The quantitative estimate of drug-likeness (QED) is 0.842. The third kappa shape index (κ3) is 2.91. The number of thioether (sulfide) groups is 1. The summed E-state index contributed by atoms with van der Waals surface area (Å²) < 4.78 is 1.91. The van der Waals surface area contributed by atoms with Gasteiger partial charge in [0.15, 0.2) is 5.16 Å². The van der Waals surface area contributed by atoms with Gasteiger partial charge in [0.1, 0.15) is 5.82 Å². The van der Waals surface area contributed by atoms with Gasteiger partial charge in [0.2, 0.25) is 5.91 Å². The van der Waals surface area contributed by atoms with E-state index in [9.17, 15) is 4.79 Å². The SMILES string of the molecule is C[C@@H](Sc1nnc(Cc2cccs2)n1C)C(N)=O. The van der Waals surface area contributed by atoms with Crippen LogP contribution in [-0.2, 0) is 18.3 Å². The van der Waals surface area contributed by atoms with Crippen molar-refractivity contribution < 1.29 is 4.79 Å². The molecule has 0 fully saturated rings. The van der Waals surface area contributed by atoms with Crippen LogP contribution in [0.5, 0.6) is 0 Å². The first-order valence-electron chi connectivity index (χ1n) is 5.44. The molecule has 7 heteroatoms. The summed E-state index contributed by atoms with van der Waals surface area (Å²) in [4.78, 5) is 12.3. The molecular formula is C11H14N4OS2. The highest BCUT2D eigenvalue weighted by atomic mass is 32.2. The number of carbonyl (C=O) groups excluding carboxylic acids is 1. The molecule has 0 unspecified atom stereocenters. The van der Waals surface area contributed by atoms with Crippen LogP contribution in [0.25, 0.3) is 0 Å². The first kappa shape index (κ1) is 13.1. The Labute approximate surface area is 113 Å². The maximum absolute atomic E-state index is 11.0. The Morgan fingerprint density at radius 3 is 3.00 bits per heavy atom. The van der Waals surface area contributed by atoms with E-state index in [2.05, 4.69) is 16.3 Å². The van der Waals surface area contributed by atoms with E-state index >= 15 is 0 Å². The predicted octanol–water partition coefficient (Wildman–Crippen LogP) is 1.43. The van der Waals surface area contributed by atoms with Crippen LogP contribution in [0.1, 0.15) is 17.6 Å². The molecule has 0 spiro atoms. The lowest BCUT2D eigenvalue weighted by atomic mass is 10.3. The lowest BCUT2D eigenvalue weighted by Gasteiger charge is -2.06. The normalized spacial score (nSPS) is 12.6. The van der Waals surface area contributed by atoms with Crippen LogP contribution in [0.15, 0.2) is 22.7 Å². The molecule has 0 aliphatic heterocycles. The van der Waals surface area contributed by atoms with Gasteiger partial charge < -0.3 is 10.3 Å². The molecule has 0 saturated heterocycles. The summed E-state index contributed by atoms with van der Waals surface area (Å²) in [5.74, 6) is 0.541. The van der Waals surface area contributed by atoms with Crippen molar-refractivity contribution in [1.82, 2.24) is 14.8 Å². The third-order valence-corrected chi connectivity index (χ3v) is 4.55. The fourth-order valence-corrected chi connectivity index (χ4v) is 2.87. The zero-order valence-electron chi connectivity index (χ0n) is 10.2. The van der Waals surface area contributed by atoms with Gasteiger partial charge in [-0.15, -0.1) is 21.5 Å². The number of nitrogens with two attached hydrogens (primary N) is 1. The van der Waals surface area contributed by atoms with E-state index in [1.165, 1.54) is 16.6 Å². The van der Waals surface area contributed by atoms with E-state index in [1.807, 2.05) is 23.1 Å². The standard InChI is InChI=1S/C11H14N4OS2/c1-7(10(12)16)18-11-14-13-9(15(11)2)6-8-4-3-5-17-8/h3-5,7H,6H2,1-2H3,(H2,12,16)/t7-/m1/s1. The Kier molecular flexibility index (Phi) is 4.03. The Morgan fingerprint density at radius 1 is 1.61 bits per heavy atom. The van der Waals surface area contributed by atoms with Gasteiger partial charge in [0, 0.05) is 18.3 Å². The van der Waals surface area contributed by atoms with Gasteiger partial charge in [-0.25, -0.2) is 0 Å². The molecule has 2 rings (SSSR count). The number of hydrogen-bond donors (Lipinski definition) is 1. The number of thiophene rings is 1. The zero-order chi connectivity index (χ0) is 13.1. The lowest BCUT2D eigenvalue weighted by molar-refractivity contribution is -0.117. The molecule has 2 heterocycles. The molecule has 1 atom stereocenters. The Morgan fingerprint density at radius 2 is 2.39 bits per heavy atom. The number of primary amides is 1. The average Bonchev–Trinajstić information content (AvgIpc) is 2.94. The van der Waals surface area contributed by atoms with E-state index in [0.29, 0.717) is 5.16 Å². The van der Waals surface area contributed by atoms with Crippen LogP contribution < -0.4 is 5.73 Å². The minimum Gasteiger partial charge on any atom is -0.369 e. The molecule has 18 heavy (non-hydrogen) atoms. The summed E-state index contributed by atoms with van der Waals surface area (Å²) >= 11 is 3.02. The maximum Gasteiger partial charge on any atom is 0.230 e. The van der Waals surface area contributed by atoms with Crippen molar-refractivity contribution in [3.63, 3.8) is 0 Å². The second-order valence-electron chi connectivity index (χ2n) is 3.88. The van der Waals surface area contributed by atoms with Gasteiger partial charge in [0.25, 0.3) is 0 Å². The Hall–Kier alpha value is -1.34. The van der Waals surface area contributed by atoms with Crippen LogP contribution >= 0.6 is 23.1 Å². The summed E-state index contributed by atoms with van der Waals surface area (Å²) in [6.45, 7) is 1.76. The van der Waals surface area contributed by atoms with Crippen LogP contribution in [0, 0.1) is 0 Å². The first-order chi connectivity index (χ1) is 8.58. The van der Waals surface area contributed by atoms with Gasteiger partial charge in [-0.2, -0.15) is 0 Å². The van der Waals surface area contributed by atoms with E-state index in [1.54, 1.807) is 18.3 Å². The van der Waals surface area contributed by atoms with E-state index in [-0.39, 0.29) is 11.2 Å². The molecule has 96 valence electrons. The molecule has 5 nitrogen and oxygen atoms in total. The van der Waals surface area contributed by atoms with Crippen molar-refractivity contribution in [2.24, 2.45) is 12.8 Å². The lowest BCUT2D eigenvalue weighted by Crippen LogP contribution is -2.23. The molecule has 1 amide bonds. The number of hydrogen-bond acceptors (Lipinski definition) is 5. The van der Waals surface area contributed by atoms with Gasteiger partial charge in [-0.05, 0) is 18.4 Å². The van der Waals surface area contributed by atoms with Crippen LogP contribution in [0.3, 0.4) is 0 Å². The highest BCUT2D eigenvalue weighted by Crippen LogP contribution is 2.22. The second kappa shape index (κ2) is 5.53. The molecule has 2 aromatic rings. The molecule has 0 radical (unpaired) electrons. The monoisotopic (exact) mass is 282 g/mol. The highest BCUT2D eigenvalue weighted by Gasteiger charge is 2.16. The molecule has 0 aliphatic rings. The maximum atomic E-state index is 11.0. The van der Waals surface area contributed by atoms with Crippen molar-refractivity contribution in [3.8, 4) is 0 Å². The summed E-state index contributed by atoms with van der Waals surface area (Å²) in [5.41, 5.74) is 5.23. The molecule has 2 N–H and O–H groups in total. The van der Waals surface area contributed by atoms with Gasteiger partial charge in [0.05, 0.1) is 5.25 Å². The number of rotatable bonds is 5. The minimum atomic E-state index is -0.345. The topological polar surface area (TPSA) is 73.8 Å². The fourth-order valence-electron chi connectivity index (χ4n) is 1.39. The fraction of sp³-hybridized carbons (Fsp3) is 0.364. The molecule has 0 aliphatic carbocycles. The van der Waals surface area contributed by atoms with Crippen molar-refractivity contribution in [1.29, 1.82) is 0 Å². The van der Waals surface area contributed by atoms with E-state index in [0.717, 1.165) is 12.2 Å².